The van der Waals surface area contributed by atoms with Crippen molar-refractivity contribution in [3.8, 4) is 0 Å². The lowest BCUT2D eigenvalue weighted by Crippen LogP contribution is -2.49. The number of piperidine rings is 1. The van der Waals surface area contributed by atoms with E-state index in [0.29, 0.717) is 6.04 Å². The molecule has 0 aromatic carbocycles. The first-order valence-electron chi connectivity index (χ1n) is 4.41. The second-order valence-electron chi connectivity index (χ2n) is 3.17. The monoisotopic (exact) mass is 171 g/mol. The molecule has 0 spiro atoms. The van der Waals surface area contributed by atoms with Gasteiger partial charge in [-0.2, -0.15) is 0 Å². The van der Waals surface area contributed by atoms with Gasteiger partial charge in [0.25, 0.3) is 0 Å². The number of amides is 2. The zero-order chi connectivity index (χ0) is 8.97. The average Bonchev–Trinajstić information content (AvgIpc) is 2.17. The maximum Gasteiger partial charge on any atom is 0.317 e. The molecule has 1 rings (SSSR count). The molecule has 0 aliphatic carbocycles. The van der Waals surface area contributed by atoms with Crippen LogP contribution in [0.4, 0.5) is 4.79 Å². The van der Waals surface area contributed by atoms with Crippen molar-refractivity contribution in [2.75, 3.05) is 27.2 Å². The minimum Gasteiger partial charge on any atom is -0.341 e. The zero-order valence-corrected chi connectivity index (χ0v) is 7.76. The predicted molar refractivity (Wildman–Crippen MR) is 48.1 cm³/mol. The Kier molecular flexibility index (Phi) is 3.34. The molecule has 1 aliphatic heterocycles. The minimum absolute atomic E-state index is 0.00343. The summed E-state index contributed by atoms with van der Waals surface area (Å²) < 4.78 is 0. The van der Waals surface area contributed by atoms with Crippen molar-refractivity contribution in [3.63, 3.8) is 0 Å². The molecule has 70 valence electrons. The standard InChI is InChI=1S/C8H17N3O/c1-9-8(12)11(2)7-4-3-5-10-6-7/h7,10H,3-6H2,1-2H3,(H,9,12)/t7-/m1/s1. The van der Waals surface area contributed by atoms with E-state index in [0.717, 1.165) is 25.9 Å². The van der Waals surface area contributed by atoms with Crippen molar-refractivity contribution in [2.45, 2.75) is 18.9 Å². The van der Waals surface area contributed by atoms with Gasteiger partial charge < -0.3 is 15.5 Å². The van der Waals surface area contributed by atoms with Crippen molar-refractivity contribution >= 4 is 6.03 Å². The lowest BCUT2D eigenvalue weighted by atomic mass is 10.1. The van der Waals surface area contributed by atoms with Crippen molar-refractivity contribution in [1.29, 1.82) is 0 Å². The van der Waals surface area contributed by atoms with Crippen LogP contribution < -0.4 is 10.6 Å². The predicted octanol–water partition coefficient (Wildman–Crippen LogP) is 0.00960. The molecule has 0 aromatic heterocycles. The van der Waals surface area contributed by atoms with Crippen molar-refractivity contribution in [2.24, 2.45) is 0 Å². The first kappa shape index (κ1) is 9.32. The first-order chi connectivity index (χ1) is 5.75. The van der Waals surface area contributed by atoms with Crippen LogP contribution >= 0.6 is 0 Å². The first-order valence-corrected chi connectivity index (χ1v) is 4.41. The third-order valence-corrected chi connectivity index (χ3v) is 2.35. The minimum atomic E-state index is 0.00343. The Morgan fingerprint density at radius 1 is 1.67 bits per heavy atom. The summed E-state index contributed by atoms with van der Waals surface area (Å²) in [6.07, 6.45) is 2.27. The molecule has 0 aromatic rings. The van der Waals surface area contributed by atoms with E-state index in [1.165, 1.54) is 0 Å². The third-order valence-electron chi connectivity index (χ3n) is 2.35. The maximum atomic E-state index is 11.2. The summed E-state index contributed by atoms with van der Waals surface area (Å²) in [6.45, 7) is 2.00. The van der Waals surface area contributed by atoms with Gasteiger partial charge in [0.1, 0.15) is 0 Å². The number of urea groups is 1. The second kappa shape index (κ2) is 4.30. The van der Waals surface area contributed by atoms with Gasteiger partial charge in [-0.05, 0) is 19.4 Å². The van der Waals surface area contributed by atoms with Gasteiger partial charge in [-0.25, -0.2) is 4.79 Å². The molecule has 4 nitrogen and oxygen atoms in total. The van der Waals surface area contributed by atoms with Gasteiger partial charge in [-0.3, -0.25) is 0 Å². The Morgan fingerprint density at radius 3 is 2.92 bits per heavy atom. The molecule has 12 heavy (non-hydrogen) atoms. The van der Waals surface area contributed by atoms with Crippen LogP contribution in [0.5, 0.6) is 0 Å². The molecule has 1 saturated heterocycles. The number of nitrogens with zero attached hydrogens (tertiary/aromatic N) is 1. The summed E-state index contributed by atoms with van der Waals surface area (Å²) in [5.74, 6) is 0. The Balaban J connectivity index is 2.39. The SMILES string of the molecule is CNC(=O)N(C)[C@@H]1CCCNC1. The molecule has 0 bridgehead atoms. The number of carbonyl (C=O) groups is 1. The van der Waals surface area contributed by atoms with Crippen LogP contribution in [0.15, 0.2) is 0 Å². The number of hydrogen-bond donors (Lipinski definition) is 2. The molecule has 1 atom stereocenters. The molecule has 0 saturated carbocycles. The summed E-state index contributed by atoms with van der Waals surface area (Å²) in [6, 6.07) is 0.363. The van der Waals surface area contributed by atoms with Gasteiger partial charge in [0.05, 0.1) is 0 Å². The molecular formula is C8H17N3O. The molecular weight excluding hydrogens is 154 g/mol. The van der Waals surface area contributed by atoms with E-state index < -0.39 is 0 Å². The van der Waals surface area contributed by atoms with E-state index in [1.807, 2.05) is 7.05 Å². The topological polar surface area (TPSA) is 44.4 Å². The largest absolute Gasteiger partial charge is 0.341 e. The van der Waals surface area contributed by atoms with E-state index in [4.69, 9.17) is 0 Å². The smallest absolute Gasteiger partial charge is 0.317 e. The van der Waals surface area contributed by atoms with Gasteiger partial charge >= 0.3 is 6.03 Å². The lowest BCUT2D eigenvalue weighted by molar-refractivity contribution is 0.180. The normalized spacial score (nSPS) is 23.3. The number of rotatable bonds is 1. The van der Waals surface area contributed by atoms with Crippen LogP contribution in [-0.2, 0) is 0 Å². The highest BCUT2D eigenvalue weighted by Gasteiger charge is 2.20. The summed E-state index contributed by atoms with van der Waals surface area (Å²) in [5.41, 5.74) is 0. The highest BCUT2D eigenvalue weighted by atomic mass is 16.2. The summed E-state index contributed by atoms with van der Waals surface area (Å²) in [5, 5.41) is 5.89. The number of likely N-dealkylation sites (N-methyl/N-ethyl adjacent to an activating group) is 1. The number of hydrogen-bond acceptors (Lipinski definition) is 2. The fourth-order valence-corrected chi connectivity index (χ4v) is 1.51. The van der Waals surface area contributed by atoms with E-state index in [2.05, 4.69) is 10.6 Å². The molecule has 1 aliphatic rings. The van der Waals surface area contributed by atoms with Crippen molar-refractivity contribution < 1.29 is 4.79 Å². The molecule has 4 heteroatoms. The van der Waals surface area contributed by atoms with Crippen LogP contribution in [0.2, 0.25) is 0 Å². The van der Waals surface area contributed by atoms with Crippen LogP contribution in [0.3, 0.4) is 0 Å². The van der Waals surface area contributed by atoms with E-state index in [1.54, 1.807) is 11.9 Å². The van der Waals surface area contributed by atoms with Crippen LogP contribution in [-0.4, -0.2) is 44.2 Å². The molecule has 1 heterocycles. The lowest BCUT2D eigenvalue weighted by Gasteiger charge is -2.31. The second-order valence-corrected chi connectivity index (χ2v) is 3.17. The van der Waals surface area contributed by atoms with Crippen LogP contribution in [0, 0.1) is 0 Å². The maximum absolute atomic E-state index is 11.2. The Bertz CT molecular complexity index is 154. The average molecular weight is 171 g/mol. The fourth-order valence-electron chi connectivity index (χ4n) is 1.51. The van der Waals surface area contributed by atoms with Gasteiger partial charge in [0.2, 0.25) is 0 Å². The van der Waals surface area contributed by atoms with E-state index >= 15 is 0 Å². The van der Waals surface area contributed by atoms with Crippen LogP contribution in [0.25, 0.3) is 0 Å². The highest BCUT2D eigenvalue weighted by Crippen LogP contribution is 2.07. The Morgan fingerprint density at radius 2 is 2.42 bits per heavy atom. The van der Waals surface area contributed by atoms with E-state index in [-0.39, 0.29) is 6.03 Å². The van der Waals surface area contributed by atoms with Gasteiger partial charge in [0, 0.05) is 26.7 Å². The van der Waals surface area contributed by atoms with E-state index in [9.17, 15) is 4.79 Å². The van der Waals surface area contributed by atoms with Gasteiger partial charge in [0.15, 0.2) is 0 Å². The Labute approximate surface area is 73.3 Å². The summed E-state index contributed by atoms with van der Waals surface area (Å²) in [7, 11) is 3.51. The fraction of sp³-hybridized carbons (Fsp3) is 0.875. The van der Waals surface area contributed by atoms with Crippen molar-refractivity contribution in [1.82, 2.24) is 15.5 Å². The molecule has 0 unspecified atom stereocenters. The highest BCUT2D eigenvalue weighted by molar-refractivity contribution is 5.73. The Hall–Kier alpha value is -0.770. The van der Waals surface area contributed by atoms with Gasteiger partial charge in [-0.1, -0.05) is 0 Å². The third kappa shape index (κ3) is 2.11. The van der Waals surface area contributed by atoms with Crippen LogP contribution in [0.1, 0.15) is 12.8 Å². The summed E-state index contributed by atoms with van der Waals surface area (Å²) >= 11 is 0. The summed E-state index contributed by atoms with van der Waals surface area (Å²) in [4.78, 5) is 13.0. The molecule has 0 radical (unpaired) electrons. The number of carbonyl (C=O) groups excluding carboxylic acids is 1. The number of nitrogens with one attached hydrogen (secondary N) is 2. The quantitative estimate of drug-likeness (QED) is 0.583. The van der Waals surface area contributed by atoms with Crippen molar-refractivity contribution in [3.05, 3.63) is 0 Å². The van der Waals surface area contributed by atoms with Gasteiger partial charge in [-0.15, -0.1) is 0 Å². The zero-order valence-electron chi connectivity index (χ0n) is 7.76. The molecule has 1 fully saturated rings. The molecule has 2 amide bonds. The molecule has 2 N–H and O–H groups in total.